The van der Waals surface area contributed by atoms with E-state index in [9.17, 15) is 0 Å². The van der Waals surface area contributed by atoms with Gasteiger partial charge in [-0.15, -0.1) is 0 Å². The highest BCUT2D eigenvalue weighted by Crippen LogP contribution is 2.18. The number of nitrogens with two attached hydrogens (primary N) is 1. The molecule has 0 aliphatic heterocycles. The first-order valence-corrected chi connectivity index (χ1v) is 7.29. The van der Waals surface area contributed by atoms with E-state index in [4.69, 9.17) is 5.73 Å². The van der Waals surface area contributed by atoms with Crippen molar-refractivity contribution in [1.82, 2.24) is 14.5 Å². The number of benzene rings is 1. The van der Waals surface area contributed by atoms with E-state index in [1.54, 1.807) is 0 Å². The second-order valence-corrected chi connectivity index (χ2v) is 4.93. The fourth-order valence-corrected chi connectivity index (χ4v) is 2.40. The standard InChI is InChI=1S/C16H24N4/c1-3-19(4-2)10-11-20-13-18-12-15(20)16(17)14-8-6-5-7-9-14/h5-9,12-13,16H,3-4,10-11,17H2,1-2H3. The maximum absolute atomic E-state index is 6.36. The Morgan fingerprint density at radius 2 is 1.90 bits per heavy atom. The molecule has 0 bridgehead atoms. The van der Waals surface area contributed by atoms with Crippen LogP contribution in [0.15, 0.2) is 42.9 Å². The summed E-state index contributed by atoms with van der Waals surface area (Å²) >= 11 is 0. The molecule has 0 spiro atoms. The smallest absolute Gasteiger partial charge is 0.0949 e. The molecule has 0 amide bonds. The first kappa shape index (κ1) is 14.8. The van der Waals surface area contributed by atoms with E-state index >= 15 is 0 Å². The maximum Gasteiger partial charge on any atom is 0.0949 e. The van der Waals surface area contributed by atoms with Crippen LogP contribution >= 0.6 is 0 Å². The van der Waals surface area contributed by atoms with E-state index in [0.29, 0.717) is 0 Å². The summed E-state index contributed by atoms with van der Waals surface area (Å²) in [5.41, 5.74) is 8.55. The van der Waals surface area contributed by atoms with Crippen LogP contribution in [0.5, 0.6) is 0 Å². The molecule has 20 heavy (non-hydrogen) atoms. The summed E-state index contributed by atoms with van der Waals surface area (Å²) in [5.74, 6) is 0. The molecule has 0 fully saturated rings. The lowest BCUT2D eigenvalue weighted by molar-refractivity contribution is 0.289. The molecular formula is C16H24N4. The predicted octanol–water partition coefficient (Wildman–Crippen LogP) is 2.27. The van der Waals surface area contributed by atoms with Crippen molar-refractivity contribution in [3.05, 3.63) is 54.1 Å². The molecule has 0 saturated carbocycles. The molecule has 2 aromatic rings. The molecule has 0 radical (unpaired) electrons. The number of nitrogens with zero attached hydrogens (tertiary/aromatic N) is 3. The normalized spacial score (nSPS) is 12.8. The lowest BCUT2D eigenvalue weighted by atomic mass is 10.1. The number of hydrogen-bond acceptors (Lipinski definition) is 3. The molecule has 1 unspecified atom stereocenters. The summed E-state index contributed by atoms with van der Waals surface area (Å²) in [4.78, 5) is 6.66. The Morgan fingerprint density at radius 3 is 2.55 bits per heavy atom. The lowest BCUT2D eigenvalue weighted by Crippen LogP contribution is -2.28. The topological polar surface area (TPSA) is 47.1 Å². The van der Waals surface area contributed by atoms with Crippen LogP contribution in [0.1, 0.15) is 31.1 Å². The Labute approximate surface area is 121 Å². The summed E-state index contributed by atoms with van der Waals surface area (Å²) in [6.45, 7) is 8.48. The van der Waals surface area contributed by atoms with Gasteiger partial charge in [0, 0.05) is 13.1 Å². The lowest BCUT2D eigenvalue weighted by Gasteiger charge is -2.20. The zero-order valence-electron chi connectivity index (χ0n) is 12.4. The van der Waals surface area contributed by atoms with Crippen molar-refractivity contribution in [2.75, 3.05) is 19.6 Å². The zero-order chi connectivity index (χ0) is 14.4. The fourth-order valence-electron chi connectivity index (χ4n) is 2.40. The number of rotatable bonds is 7. The summed E-state index contributed by atoms with van der Waals surface area (Å²) in [7, 11) is 0. The summed E-state index contributed by atoms with van der Waals surface area (Å²) < 4.78 is 2.16. The van der Waals surface area contributed by atoms with E-state index in [-0.39, 0.29) is 6.04 Å². The van der Waals surface area contributed by atoms with Gasteiger partial charge in [0.2, 0.25) is 0 Å². The van der Waals surface area contributed by atoms with Crippen molar-refractivity contribution < 1.29 is 0 Å². The van der Waals surface area contributed by atoms with E-state index in [0.717, 1.165) is 37.4 Å². The molecular weight excluding hydrogens is 248 g/mol. The van der Waals surface area contributed by atoms with E-state index in [2.05, 4.69) is 40.4 Å². The molecule has 1 aromatic carbocycles. The van der Waals surface area contributed by atoms with Gasteiger partial charge in [0.15, 0.2) is 0 Å². The van der Waals surface area contributed by atoms with Crippen molar-refractivity contribution in [3.8, 4) is 0 Å². The molecule has 4 heteroatoms. The Hall–Kier alpha value is -1.65. The number of likely N-dealkylation sites (N-methyl/N-ethyl adjacent to an activating group) is 1. The van der Waals surface area contributed by atoms with Crippen LogP contribution in [0.4, 0.5) is 0 Å². The van der Waals surface area contributed by atoms with Gasteiger partial charge in [-0.25, -0.2) is 4.98 Å². The van der Waals surface area contributed by atoms with Gasteiger partial charge in [-0.1, -0.05) is 44.2 Å². The molecule has 1 aromatic heterocycles. The third-order valence-electron chi connectivity index (χ3n) is 3.77. The van der Waals surface area contributed by atoms with Crippen molar-refractivity contribution in [2.45, 2.75) is 26.4 Å². The van der Waals surface area contributed by atoms with Crippen LogP contribution in [0.25, 0.3) is 0 Å². The Morgan fingerprint density at radius 1 is 1.20 bits per heavy atom. The maximum atomic E-state index is 6.36. The quantitative estimate of drug-likeness (QED) is 0.841. The third kappa shape index (κ3) is 3.46. The SMILES string of the molecule is CCN(CC)CCn1cncc1C(N)c1ccccc1. The monoisotopic (exact) mass is 272 g/mol. The van der Waals surface area contributed by atoms with Gasteiger partial charge in [-0.2, -0.15) is 0 Å². The van der Waals surface area contributed by atoms with E-state index in [1.807, 2.05) is 30.7 Å². The molecule has 1 heterocycles. The number of imidazole rings is 1. The first-order valence-electron chi connectivity index (χ1n) is 7.29. The van der Waals surface area contributed by atoms with Gasteiger partial charge in [-0.05, 0) is 18.7 Å². The second-order valence-electron chi connectivity index (χ2n) is 4.93. The van der Waals surface area contributed by atoms with Gasteiger partial charge in [0.25, 0.3) is 0 Å². The summed E-state index contributed by atoms with van der Waals surface area (Å²) in [6, 6.07) is 10.1. The van der Waals surface area contributed by atoms with Crippen LogP contribution in [0, 0.1) is 0 Å². The minimum absolute atomic E-state index is 0.115. The Balaban J connectivity index is 2.08. The summed E-state index contributed by atoms with van der Waals surface area (Å²) in [6.07, 6.45) is 3.75. The van der Waals surface area contributed by atoms with Crippen molar-refractivity contribution in [1.29, 1.82) is 0 Å². The minimum Gasteiger partial charge on any atom is -0.332 e. The van der Waals surface area contributed by atoms with E-state index in [1.165, 1.54) is 0 Å². The van der Waals surface area contributed by atoms with Gasteiger partial charge in [0.05, 0.1) is 24.3 Å². The minimum atomic E-state index is -0.115. The highest BCUT2D eigenvalue weighted by Gasteiger charge is 2.13. The highest BCUT2D eigenvalue weighted by molar-refractivity contribution is 5.26. The zero-order valence-corrected chi connectivity index (χ0v) is 12.4. The molecule has 0 aliphatic carbocycles. The number of hydrogen-bond donors (Lipinski definition) is 1. The first-order chi connectivity index (χ1) is 9.76. The van der Waals surface area contributed by atoms with Crippen molar-refractivity contribution >= 4 is 0 Å². The fraction of sp³-hybridized carbons (Fsp3) is 0.438. The molecule has 2 N–H and O–H groups in total. The van der Waals surface area contributed by atoms with Gasteiger partial charge < -0.3 is 15.2 Å². The Bertz CT molecular complexity index is 502. The van der Waals surface area contributed by atoms with Crippen LogP contribution in [-0.4, -0.2) is 34.1 Å². The van der Waals surface area contributed by atoms with Crippen LogP contribution in [0.2, 0.25) is 0 Å². The van der Waals surface area contributed by atoms with Crippen LogP contribution in [-0.2, 0) is 6.54 Å². The van der Waals surface area contributed by atoms with Crippen molar-refractivity contribution in [2.24, 2.45) is 5.73 Å². The van der Waals surface area contributed by atoms with Gasteiger partial charge >= 0.3 is 0 Å². The highest BCUT2D eigenvalue weighted by atomic mass is 15.2. The molecule has 0 aliphatic rings. The summed E-state index contributed by atoms with van der Waals surface area (Å²) in [5, 5.41) is 0. The molecule has 2 rings (SSSR count). The second kappa shape index (κ2) is 7.22. The molecule has 108 valence electrons. The van der Waals surface area contributed by atoms with Crippen LogP contribution in [0.3, 0.4) is 0 Å². The largest absolute Gasteiger partial charge is 0.332 e. The van der Waals surface area contributed by atoms with Gasteiger partial charge in [0.1, 0.15) is 0 Å². The molecule has 1 atom stereocenters. The predicted molar refractivity (Wildman–Crippen MR) is 82.5 cm³/mol. The Kier molecular flexibility index (Phi) is 5.32. The van der Waals surface area contributed by atoms with E-state index < -0.39 is 0 Å². The van der Waals surface area contributed by atoms with Gasteiger partial charge in [-0.3, -0.25) is 0 Å². The number of aromatic nitrogens is 2. The van der Waals surface area contributed by atoms with Crippen molar-refractivity contribution in [3.63, 3.8) is 0 Å². The average molecular weight is 272 g/mol. The van der Waals surface area contributed by atoms with Crippen LogP contribution < -0.4 is 5.73 Å². The third-order valence-corrected chi connectivity index (χ3v) is 3.77. The molecule has 4 nitrogen and oxygen atoms in total. The molecule has 0 saturated heterocycles. The average Bonchev–Trinajstić information content (AvgIpc) is 2.97.